The number of hydrogen-bond acceptors (Lipinski definition) is 6. The molecule has 0 amide bonds. The minimum atomic E-state index is -1.12. The minimum absolute atomic E-state index is 0.0669. The fourth-order valence-corrected chi connectivity index (χ4v) is 7.43. The lowest BCUT2D eigenvalue weighted by molar-refractivity contribution is 0.101. The van der Waals surface area contributed by atoms with E-state index in [2.05, 4.69) is 28.3 Å². The number of Topliss-reactive ketones (excluding diaryl/α,β-unsaturated/α-hetero) is 1. The van der Waals surface area contributed by atoms with Crippen LogP contribution in [0.3, 0.4) is 0 Å². The van der Waals surface area contributed by atoms with Gasteiger partial charge in [0.25, 0.3) is 0 Å². The first-order valence-electron chi connectivity index (χ1n) is 14.9. The van der Waals surface area contributed by atoms with Gasteiger partial charge in [-0.05, 0) is 75.1 Å². The topological polar surface area (TPSA) is 48.3 Å². The summed E-state index contributed by atoms with van der Waals surface area (Å²) >= 11 is 8.44. The smallest absolute Gasteiger partial charge is 0.159 e. The van der Waals surface area contributed by atoms with E-state index in [1.165, 1.54) is 30.7 Å². The summed E-state index contributed by atoms with van der Waals surface area (Å²) in [6.07, 6.45) is 8.82. The van der Waals surface area contributed by atoms with Crippen LogP contribution in [0.15, 0.2) is 99.1 Å². The summed E-state index contributed by atoms with van der Waals surface area (Å²) in [6.45, 7) is 4.69. The van der Waals surface area contributed by atoms with Crippen LogP contribution < -0.4 is 0 Å². The lowest BCUT2D eigenvalue weighted by Gasteiger charge is -2.35. The van der Waals surface area contributed by atoms with Crippen LogP contribution in [0.2, 0.25) is 5.02 Å². The van der Waals surface area contributed by atoms with Crippen molar-refractivity contribution in [3.8, 4) is 0 Å². The van der Waals surface area contributed by atoms with Crippen molar-refractivity contribution in [1.82, 2.24) is 9.80 Å². The molecule has 4 aliphatic rings. The standard InChI is InChI=1S/C35H35ClF2N4OS/c1-21(37)17-26-11-13-30(39-26)33-31-19-27(41(3)15-14-23-6-8-24(9-7-23)22(2)43)20-42(31)35(32-5-4-16-44-32)40-34(33)28-12-10-25(38)18-29(28)36/h4,6-13,16-18,21,27,32,34H,5,14-15,19-20H2,1-3H3/b26-17+/t21?,27-,32?,34-/m0/s1. The molecule has 6 rings (SSSR count). The van der Waals surface area contributed by atoms with E-state index in [9.17, 15) is 13.6 Å². The molecule has 2 aromatic rings. The van der Waals surface area contributed by atoms with E-state index >= 15 is 0 Å². The summed E-state index contributed by atoms with van der Waals surface area (Å²) in [5.41, 5.74) is 6.00. The SMILES string of the molecule is CC(=O)c1ccc(CCN(C)[C@H]2CC3=C(C4=N/C(=C/C(C)F)C=C4)[C@H](c4ccc(F)cc4Cl)N=C(C4CC=CS4)N3C2)cc1. The number of ketones is 1. The lowest BCUT2D eigenvalue weighted by Crippen LogP contribution is -2.42. The molecule has 1 saturated heterocycles. The van der Waals surface area contributed by atoms with Crippen LogP contribution in [0.1, 0.15) is 54.2 Å². The quantitative estimate of drug-likeness (QED) is 0.264. The van der Waals surface area contributed by atoms with E-state index in [0.29, 0.717) is 10.7 Å². The Morgan fingerprint density at radius 1 is 1.23 bits per heavy atom. The predicted octanol–water partition coefficient (Wildman–Crippen LogP) is 7.91. The highest BCUT2D eigenvalue weighted by atomic mass is 35.5. The molecule has 0 bridgehead atoms. The van der Waals surface area contributed by atoms with E-state index < -0.39 is 18.0 Å². The number of hydrogen-bond donors (Lipinski definition) is 0. The average molecular weight is 633 g/mol. The molecular formula is C35H35ClF2N4OS. The Morgan fingerprint density at radius 3 is 2.70 bits per heavy atom. The van der Waals surface area contributed by atoms with Crippen LogP contribution >= 0.6 is 23.4 Å². The van der Waals surface area contributed by atoms with Gasteiger partial charge in [-0.1, -0.05) is 48.0 Å². The predicted molar refractivity (Wildman–Crippen MR) is 177 cm³/mol. The van der Waals surface area contributed by atoms with Gasteiger partial charge in [0.1, 0.15) is 23.9 Å². The van der Waals surface area contributed by atoms with Crippen LogP contribution in [0.25, 0.3) is 0 Å². The summed E-state index contributed by atoms with van der Waals surface area (Å²) in [7, 11) is 2.15. The molecule has 4 aliphatic heterocycles. The number of alkyl halides is 1. The number of benzene rings is 2. The third-order valence-electron chi connectivity index (χ3n) is 8.58. The number of thioether (sulfide) groups is 1. The molecule has 0 aliphatic carbocycles. The zero-order chi connectivity index (χ0) is 31.0. The van der Waals surface area contributed by atoms with Gasteiger partial charge in [0.2, 0.25) is 0 Å². The van der Waals surface area contributed by atoms with Gasteiger partial charge in [0, 0.05) is 53.0 Å². The molecule has 9 heteroatoms. The zero-order valence-corrected chi connectivity index (χ0v) is 26.6. The highest BCUT2D eigenvalue weighted by Crippen LogP contribution is 2.45. The Balaban J connectivity index is 1.36. The van der Waals surface area contributed by atoms with Crippen molar-refractivity contribution in [2.24, 2.45) is 9.98 Å². The van der Waals surface area contributed by atoms with Crippen molar-refractivity contribution in [3.05, 3.63) is 117 Å². The van der Waals surface area contributed by atoms with Gasteiger partial charge < -0.3 is 9.80 Å². The van der Waals surface area contributed by atoms with Gasteiger partial charge in [-0.3, -0.25) is 9.79 Å². The van der Waals surface area contributed by atoms with Crippen molar-refractivity contribution in [1.29, 1.82) is 0 Å². The Kier molecular flexibility index (Phi) is 9.03. The molecule has 2 unspecified atom stereocenters. The first-order chi connectivity index (χ1) is 21.2. The van der Waals surface area contributed by atoms with Crippen LogP contribution in [0.4, 0.5) is 8.78 Å². The second-order valence-electron chi connectivity index (χ2n) is 11.7. The second kappa shape index (κ2) is 13.0. The lowest BCUT2D eigenvalue weighted by atomic mass is 9.90. The number of halogens is 3. The number of allylic oxidation sites excluding steroid dienone is 4. The molecule has 0 radical (unpaired) electrons. The largest absolute Gasteiger partial charge is 0.331 e. The molecule has 1 fully saturated rings. The third kappa shape index (κ3) is 6.39. The highest BCUT2D eigenvalue weighted by Gasteiger charge is 2.43. The summed E-state index contributed by atoms with van der Waals surface area (Å²) in [6, 6.07) is 12.1. The summed E-state index contributed by atoms with van der Waals surface area (Å²) in [5, 5.41) is 2.61. The molecule has 4 atom stereocenters. The first-order valence-corrected chi connectivity index (χ1v) is 16.3. The zero-order valence-electron chi connectivity index (χ0n) is 25.0. The van der Waals surface area contributed by atoms with Crippen LogP contribution in [0.5, 0.6) is 0 Å². The van der Waals surface area contributed by atoms with Gasteiger partial charge in [-0.15, -0.1) is 11.8 Å². The number of rotatable bonds is 9. The summed E-state index contributed by atoms with van der Waals surface area (Å²) < 4.78 is 28.0. The van der Waals surface area contributed by atoms with Crippen molar-refractivity contribution in [2.45, 2.75) is 56.6 Å². The highest BCUT2D eigenvalue weighted by molar-refractivity contribution is 8.03. The Labute approximate surface area is 266 Å². The Hall–Kier alpha value is -3.33. The Morgan fingerprint density at radius 2 is 2.02 bits per heavy atom. The fraction of sp³-hybridized carbons (Fsp3) is 0.343. The number of amidine groups is 1. The molecule has 0 spiro atoms. The van der Waals surface area contributed by atoms with E-state index in [4.69, 9.17) is 21.6 Å². The molecular weight excluding hydrogens is 598 g/mol. The minimum Gasteiger partial charge on any atom is -0.331 e. The maximum absolute atomic E-state index is 14.2. The molecule has 2 aromatic carbocycles. The monoisotopic (exact) mass is 632 g/mol. The summed E-state index contributed by atoms with van der Waals surface area (Å²) in [4.78, 5) is 26.6. The van der Waals surface area contributed by atoms with Gasteiger partial charge >= 0.3 is 0 Å². The number of carbonyl (C=O) groups excluding carboxylic acids is 1. The van der Waals surface area contributed by atoms with Crippen molar-refractivity contribution in [3.63, 3.8) is 0 Å². The van der Waals surface area contributed by atoms with E-state index in [0.717, 1.165) is 66.3 Å². The normalized spacial score (nSPS) is 24.4. The molecule has 4 heterocycles. The van der Waals surface area contributed by atoms with Crippen LogP contribution in [0, 0.1) is 5.82 Å². The van der Waals surface area contributed by atoms with Crippen molar-refractivity contribution in [2.75, 3.05) is 20.1 Å². The Bertz CT molecular complexity index is 1630. The maximum Gasteiger partial charge on any atom is 0.159 e. The number of fused-ring (bicyclic) bond motifs is 1. The number of nitrogens with zero attached hydrogens (tertiary/aromatic N) is 4. The molecule has 0 saturated carbocycles. The first kappa shape index (κ1) is 30.7. The second-order valence-corrected chi connectivity index (χ2v) is 13.2. The van der Waals surface area contributed by atoms with Crippen molar-refractivity contribution >= 4 is 40.7 Å². The molecule has 0 aromatic heterocycles. The van der Waals surface area contributed by atoms with Gasteiger partial charge in [-0.2, -0.15) is 0 Å². The van der Waals surface area contributed by atoms with Gasteiger partial charge in [0.15, 0.2) is 5.78 Å². The molecule has 228 valence electrons. The molecule has 5 nitrogen and oxygen atoms in total. The summed E-state index contributed by atoms with van der Waals surface area (Å²) in [5.74, 6) is 0.664. The van der Waals surface area contributed by atoms with Crippen LogP contribution in [-0.4, -0.2) is 64.7 Å². The number of carbonyl (C=O) groups is 1. The fourth-order valence-electron chi connectivity index (χ4n) is 6.22. The number of likely N-dealkylation sites (N-methyl/N-ethyl adjacent to an activating group) is 1. The van der Waals surface area contributed by atoms with E-state index in [1.54, 1.807) is 24.8 Å². The van der Waals surface area contributed by atoms with E-state index in [-0.39, 0.29) is 17.1 Å². The number of aliphatic imine (C=N–C) groups is 2. The molecule has 0 N–H and O–H groups in total. The van der Waals surface area contributed by atoms with Gasteiger partial charge in [0.05, 0.1) is 16.7 Å². The van der Waals surface area contributed by atoms with Crippen molar-refractivity contribution < 1.29 is 13.6 Å². The van der Waals surface area contributed by atoms with Gasteiger partial charge in [-0.25, -0.2) is 13.8 Å². The molecule has 44 heavy (non-hydrogen) atoms. The van der Waals surface area contributed by atoms with Crippen LogP contribution in [-0.2, 0) is 6.42 Å². The third-order valence-corrected chi connectivity index (χ3v) is 9.99. The average Bonchev–Trinajstić information content (AvgIpc) is 3.77. The maximum atomic E-state index is 14.2. The van der Waals surface area contributed by atoms with E-state index in [1.807, 2.05) is 36.4 Å².